The molecule has 1 saturated heterocycles. The minimum absolute atomic E-state index is 0.0115. The normalized spacial score (nSPS) is 17.0. The van der Waals surface area contributed by atoms with E-state index in [4.69, 9.17) is 16.3 Å². The second-order valence-corrected chi connectivity index (χ2v) is 6.66. The van der Waals surface area contributed by atoms with Crippen molar-refractivity contribution in [2.75, 3.05) is 6.54 Å². The number of hydrogen-bond donors (Lipinski definition) is 2. The molecular weight excluding hydrogens is 381 g/mol. The molecule has 2 aromatic carbocycles. The Labute approximate surface area is 159 Å². The van der Waals surface area contributed by atoms with Crippen molar-refractivity contribution in [1.29, 1.82) is 0 Å². The summed E-state index contributed by atoms with van der Waals surface area (Å²) in [5.41, 5.74) is 0.762. The number of halogens is 4. The zero-order chi connectivity index (χ0) is 19.4. The average molecular weight is 399 g/mol. The first-order valence-electron chi connectivity index (χ1n) is 8.41. The number of amides is 1. The SMILES string of the molecule is O=C1NCCC1NCc1ccc(OCc2ccc(C(F)(F)F)cc2)cc1Cl. The van der Waals surface area contributed by atoms with Gasteiger partial charge in [0.05, 0.1) is 11.6 Å². The van der Waals surface area contributed by atoms with Crippen molar-refractivity contribution < 1.29 is 22.7 Å². The van der Waals surface area contributed by atoms with E-state index in [2.05, 4.69) is 10.6 Å². The Morgan fingerprint density at radius 1 is 1.19 bits per heavy atom. The van der Waals surface area contributed by atoms with Gasteiger partial charge in [-0.2, -0.15) is 13.2 Å². The highest BCUT2D eigenvalue weighted by molar-refractivity contribution is 6.31. The van der Waals surface area contributed by atoms with Crippen LogP contribution in [0.4, 0.5) is 13.2 Å². The molecule has 0 radical (unpaired) electrons. The van der Waals surface area contributed by atoms with Gasteiger partial charge in [-0.3, -0.25) is 4.79 Å². The lowest BCUT2D eigenvalue weighted by Crippen LogP contribution is -2.35. The number of benzene rings is 2. The highest BCUT2D eigenvalue weighted by atomic mass is 35.5. The van der Waals surface area contributed by atoms with Crippen LogP contribution in [0.3, 0.4) is 0 Å². The summed E-state index contributed by atoms with van der Waals surface area (Å²) < 4.78 is 43.3. The number of rotatable bonds is 6. The van der Waals surface area contributed by atoms with Crippen LogP contribution in [0, 0.1) is 0 Å². The highest BCUT2D eigenvalue weighted by Gasteiger charge is 2.29. The third kappa shape index (κ3) is 5.14. The van der Waals surface area contributed by atoms with E-state index in [-0.39, 0.29) is 18.6 Å². The van der Waals surface area contributed by atoms with E-state index in [0.29, 0.717) is 29.4 Å². The first-order valence-corrected chi connectivity index (χ1v) is 8.79. The predicted octanol–water partition coefficient (Wildman–Crippen LogP) is 3.92. The fraction of sp³-hybridized carbons (Fsp3) is 0.316. The second-order valence-electron chi connectivity index (χ2n) is 6.25. The molecular formula is C19H18ClF3N2O2. The minimum atomic E-state index is -4.35. The van der Waals surface area contributed by atoms with Gasteiger partial charge in [0, 0.05) is 18.1 Å². The molecule has 0 spiro atoms. The molecule has 2 aromatic rings. The average Bonchev–Trinajstić information content (AvgIpc) is 3.04. The molecule has 2 N–H and O–H groups in total. The predicted molar refractivity (Wildman–Crippen MR) is 95.5 cm³/mol. The van der Waals surface area contributed by atoms with E-state index in [1.165, 1.54) is 12.1 Å². The maximum atomic E-state index is 12.6. The molecule has 3 rings (SSSR count). The summed E-state index contributed by atoms with van der Waals surface area (Å²) >= 11 is 6.26. The van der Waals surface area contributed by atoms with Gasteiger partial charge in [0.2, 0.25) is 5.91 Å². The number of nitrogens with one attached hydrogen (secondary N) is 2. The standard InChI is InChI=1S/C19H18ClF3N2O2/c20-16-9-15(6-3-13(16)10-25-17-7-8-24-18(17)26)27-11-12-1-4-14(5-2-12)19(21,22)23/h1-6,9,17,25H,7-8,10-11H2,(H,24,26). The van der Waals surface area contributed by atoms with Crippen molar-refractivity contribution >= 4 is 17.5 Å². The van der Waals surface area contributed by atoms with Crippen molar-refractivity contribution in [2.24, 2.45) is 0 Å². The van der Waals surface area contributed by atoms with Crippen LogP contribution < -0.4 is 15.4 Å². The summed E-state index contributed by atoms with van der Waals surface area (Å²) in [7, 11) is 0. The Kier molecular flexibility index (Phi) is 5.92. The second kappa shape index (κ2) is 8.19. The molecule has 4 nitrogen and oxygen atoms in total. The minimum Gasteiger partial charge on any atom is -0.489 e. The maximum Gasteiger partial charge on any atom is 0.416 e. The molecule has 1 unspecified atom stereocenters. The Bertz CT molecular complexity index is 810. The molecule has 0 aromatic heterocycles. The van der Waals surface area contributed by atoms with Gasteiger partial charge < -0.3 is 15.4 Å². The van der Waals surface area contributed by atoms with E-state index in [0.717, 1.165) is 24.1 Å². The van der Waals surface area contributed by atoms with Crippen LogP contribution in [-0.2, 0) is 24.1 Å². The topological polar surface area (TPSA) is 50.4 Å². The van der Waals surface area contributed by atoms with Gasteiger partial charge in [-0.15, -0.1) is 0 Å². The zero-order valence-electron chi connectivity index (χ0n) is 14.3. The first kappa shape index (κ1) is 19.5. The molecule has 0 bridgehead atoms. The monoisotopic (exact) mass is 398 g/mol. The molecule has 8 heteroatoms. The Balaban J connectivity index is 1.55. The van der Waals surface area contributed by atoms with Crippen molar-refractivity contribution in [3.05, 3.63) is 64.2 Å². The van der Waals surface area contributed by atoms with Crippen LogP contribution in [0.2, 0.25) is 5.02 Å². The Hall–Kier alpha value is -2.25. The van der Waals surface area contributed by atoms with E-state index in [1.807, 2.05) is 0 Å². The molecule has 1 fully saturated rings. The Morgan fingerprint density at radius 3 is 2.52 bits per heavy atom. The summed E-state index contributed by atoms with van der Waals surface area (Å²) in [6.45, 7) is 1.26. The van der Waals surface area contributed by atoms with Gasteiger partial charge >= 0.3 is 6.18 Å². The Morgan fingerprint density at radius 2 is 1.93 bits per heavy atom. The summed E-state index contributed by atoms with van der Waals surface area (Å²) in [6, 6.07) is 9.80. The number of ether oxygens (including phenoxy) is 1. The number of carbonyl (C=O) groups is 1. The summed E-state index contributed by atoms with van der Waals surface area (Å²) in [6.07, 6.45) is -3.61. The lowest BCUT2D eigenvalue weighted by atomic mass is 10.1. The first-order chi connectivity index (χ1) is 12.8. The fourth-order valence-corrected chi connectivity index (χ4v) is 2.98. The van der Waals surface area contributed by atoms with Gasteiger partial charge in [-0.05, 0) is 41.8 Å². The van der Waals surface area contributed by atoms with E-state index in [1.54, 1.807) is 18.2 Å². The van der Waals surface area contributed by atoms with Crippen LogP contribution in [0.15, 0.2) is 42.5 Å². The van der Waals surface area contributed by atoms with Crippen molar-refractivity contribution in [1.82, 2.24) is 10.6 Å². The smallest absolute Gasteiger partial charge is 0.416 e. The van der Waals surface area contributed by atoms with Gasteiger partial charge in [0.25, 0.3) is 0 Å². The maximum absolute atomic E-state index is 12.6. The summed E-state index contributed by atoms with van der Waals surface area (Å²) in [5.74, 6) is 0.505. The van der Waals surface area contributed by atoms with Crippen molar-refractivity contribution in [3.8, 4) is 5.75 Å². The number of carbonyl (C=O) groups excluding carboxylic acids is 1. The third-order valence-corrected chi connectivity index (χ3v) is 4.65. The summed E-state index contributed by atoms with van der Waals surface area (Å²) in [4.78, 5) is 11.5. The molecule has 1 atom stereocenters. The lowest BCUT2D eigenvalue weighted by Gasteiger charge is -2.13. The molecule has 0 saturated carbocycles. The van der Waals surface area contributed by atoms with Gasteiger partial charge in [-0.1, -0.05) is 29.8 Å². The zero-order valence-corrected chi connectivity index (χ0v) is 15.0. The number of hydrogen-bond acceptors (Lipinski definition) is 3. The molecule has 1 aliphatic heterocycles. The lowest BCUT2D eigenvalue weighted by molar-refractivity contribution is -0.137. The van der Waals surface area contributed by atoms with Crippen molar-refractivity contribution in [3.63, 3.8) is 0 Å². The molecule has 144 valence electrons. The quantitative estimate of drug-likeness (QED) is 0.775. The number of alkyl halides is 3. The van der Waals surface area contributed by atoms with Crippen LogP contribution >= 0.6 is 11.6 Å². The molecule has 27 heavy (non-hydrogen) atoms. The van der Waals surface area contributed by atoms with Gasteiger partial charge in [0.1, 0.15) is 12.4 Å². The fourth-order valence-electron chi connectivity index (χ4n) is 2.74. The van der Waals surface area contributed by atoms with Crippen LogP contribution in [0.5, 0.6) is 5.75 Å². The van der Waals surface area contributed by atoms with Gasteiger partial charge in [0.15, 0.2) is 0 Å². The third-order valence-electron chi connectivity index (χ3n) is 4.30. The largest absolute Gasteiger partial charge is 0.489 e. The van der Waals surface area contributed by atoms with Gasteiger partial charge in [-0.25, -0.2) is 0 Å². The van der Waals surface area contributed by atoms with Crippen LogP contribution in [0.25, 0.3) is 0 Å². The van der Waals surface area contributed by atoms with E-state index < -0.39 is 11.7 Å². The van der Waals surface area contributed by atoms with E-state index in [9.17, 15) is 18.0 Å². The highest BCUT2D eigenvalue weighted by Crippen LogP contribution is 2.29. The molecule has 1 amide bonds. The summed E-state index contributed by atoms with van der Waals surface area (Å²) in [5, 5.41) is 6.40. The van der Waals surface area contributed by atoms with Crippen LogP contribution in [-0.4, -0.2) is 18.5 Å². The van der Waals surface area contributed by atoms with Crippen molar-refractivity contribution in [2.45, 2.75) is 31.8 Å². The molecule has 1 heterocycles. The van der Waals surface area contributed by atoms with E-state index >= 15 is 0 Å². The molecule has 1 aliphatic rings. The van der Waals surface area contributed by atoms with Crippen LogP contribution in [0.1, 0.15) is 23.1 Å². The molecule has 0 aliphatic carbocycles.